The molecule has 1 unspecified atom stereocenters. The molecule has 2 aromatic rings. The Balaban J connectivity index is 1.94. The molecule has 0 aromatic carbocycles. The number of nitrogens with one attached hydrogen (secondary N) is 4. The fourth-order valence-electron chi connectivity index (χ4n) is 1.92. The molecule has 0 radical (unpaired) electrons. The van der Waals surface area contributed by atoms with Crippen molar-refractivity contribution in [3.8, 4) is 0 Å². The van der Waals surface area contributed by atoms with E-state index in [4.69, 9.17) is 0 Å². The third kappa shape index (κ3) is 4.68. The number of rotatable bonds is 5. The van der Waals surface area contributed by atoms with Gasteiger partial charge in [-0.25, -0.2) is 0 Å². The second-order valence-corrected chi connectivity index (χ2v) is 7.21. The molecule has 0 aliphatic carbocycles. The van der Waals surface area contributed by atoms with Crippen LogP contribution in [0.5, 0.6) is 0 Å². The molecule has 0 saturated carbocycles. The largest absolute Gasteiger partial charge is 0.356 e. The molecule has 2 aromatic heterocycles. The van der Waals surface area contributed by atoms with E-state index in [1.54, 1.807) is 29.8 Å². The molecule has 3 amide bonds. The first-order chi connectivity index (χ1) is 11.4. The van der Waals surface area contributed by atoms with Gasteiger partial charge in [-0.15, -0.1) is 11.3 Å². The molecule has 7 nitrogen and oxygen atoms in total. The maximum atomic E-state index is 12.3. The van der Waals surface area contributed by atoms with Gasteiger partial charge in [0.05, 0.1) is 4.88 Å². The van der Waals surface area contributed by atoms with Crippen molar-refractivity contribution in [2.45, 2.75) is 19.9 Å². The number of hydrogen-bond acceptors (Lipinski definition) is 4. The molecule has 0 bridgehead atoms. The lowest BCUT2D eigenvalue weighted by molar-refractivity contribution is -0.124. The summed E-state index contributed by atoms with van der Waals surface area (Å²) in [6.07, 6.45) is 1.61. The molecule has 0 saturated heterocycles. The number of thiophene rings is 1. The maximum absolute atomic E-state index is 12.3. The number of H-pyrrole nitrogens is 1. The molecule has 0 spiro atoms. The van der Waals surface area contributed by atoms with Gasteiger partial charge in [-0.1, -0.05) is 19.9 Å². The van der Waals surface area contributed by atoms with Crippen molar-refractivity contribution in [2.24, 2.45) is 5.92 Å². The van der Waals surface area contributed by atoms with Crippen molar-refractivity contribution < 1.29 is 14.4 Å². The van der Waals surface area contributed by atoms with Gasteiger partial charge in [-0.2, -0.15) is 0 Å². The number of hydrogen-bond donors (Lipinski definition) is 4. The zero-order chi connectivity index (χ0) is 17.7. The van der Waals surface area contributed by atoms with E-state index in [9.17, 15) is 14.4 Å². The molecule has 0 fully saturated rings. The normalized spacial score (nSPS) is 11.8. The Morgan fingerprint density at radius 3 is 2.50 bits per heavy atom. The van der Waals surface area contributed by atoms with Crippen molar-refractivity contribution in [2.75, 3.05) is 0 Å². The minimum Gasteiger partial charge on any atom is -0.356 e. The summed E-state index contributed by atoms with van der Waals surface area (Å²) < 4.78 is 0.724. The van der Waals surface area contributed by atoms with Crippen LogP contribution in [-0.4, -0.2) is 28.7 Å². The zero-order valence-electron chi connectivity index (χ0n) is 13.1. The molecule has 24 heavy (non-hydrogen) atoms. The lowest BCUT2D eigenvalue weighted by Crippen LogP contribution is -2.54. The first kappa shape index (κ1) is 18.2. The van der Waals surface area contributed by atoms with Gasteiger partial charge in [0.15, 0.2) is 0 Å². The van der Waals surface area contributed by atoms with Crippen LogP contribution in [-0.2, 0) is 4.79 Å². The smallest absolute Gasteiger partial charge is 0.286 e. The minimum absolute atomic E-state index is 0.148. The maximum Gasteiger partial charge on any atom is 0.286 e. The van der Waals surface area contributed by atoms with E-state index in [2.05, 4.69) is 37.1 Å². The third-order valence-electron chi connectivity index (χ3n) is 3.17. The monoisotopic (exact) mass is 412 g/mol. The Bertz CT molecular complexity index is 727. The van der Waals surface area contributed by atoms with Crippen LogP contribution in [0.1, 0.15) is 34.0 Å². The van der Waals surface area contributed by atoms with Crippen LogP contribution < -0.4 is 16.2 Å². The van der Waals surface area contributed by atoms with Gasteiger partial charge >= 0.3 is 0 Å². The number of amides is 3. The second kappa shape index (κ2) is 8.11. The van der Waals surface area contributed by atoms with Crippen LogP contribution in [0.25, 0.3) is 0 Å². The lowest BCUT2D eigenvalue weighted by atomic mass is 10.0. The first-order valence-electron chi connectivity index (χ1n) is 7.17. The van der Waals surface area contributed by atoms with Gasteiger partial charge in [0.1, 0.15) is 11.7 Å². The highest BCUT2D eigenvalue weighted by atomic mass is 79.9. The molecule has 2 heterocycles. The van der Waals surface area contributed by atoms with Crippen molar-refractivity contribution in [1.29, 1.82) is 0 Å². The van der Waals surface area contributed by atoms with Gasteiger partial charge in [-0.05, 0) is 39.4 Å². The van der Waals surface area contributed by atoms with Crippen molar-refractivity contribution >= 4 is 45.0 Å². The summed E-state index contributed by atoms with van der Waals surface area (Å²) in [7, 11) is 0. The summed E-state index contributed by atoms with van der Waals surface area (Å²) in [5.41, 5.74) is 4.95. The number of aromatic amines is 1. The van der Waals surface area contributed by atoms with Crippen molar-refractivity contribution in [1.82, 2.24) is 21.2 Å². The Kier molecular flexibility index (Phi) is 6.16. The number of aromatic nitrogens is 1. The van der Waals surface area contributed by atoms with Crippen LogP contribution in [0, 0.1) is 5.92 Å². The van der Waals surface area contributed by atoms with Crippen LogP contribution in [0.3, 0.4) is 0 Å². The summed E-state index contributed by atoms with van der Waals surface area (Å²) in [4.78, 5) is 39.6. The lowest BCUT2D eigenvalue weighted by Gasteiger charge is -2.21. The summed E-state index contributed by atoms with van der Waals surface area (Å²) in [6.45, 7) is 3.62. The highest BCUT2D eigenvalue weighted by Crippen LogP contribution is 2.11. The van der Waals surface area contributed by atoms with Crippen LogP contribution in [0.4, 0.5) is 0 Å². The summed E-state index contributed by atoms with van der Waals surface area (Å²) in [6, 6.07) is 4.26. The molecule has 0 aliphatic rings. The third-order valence-corrected chi connectivity index (χ3v) is 4.50. The summed E-state index contributed by atoms with van der Waals surface area (Å²) >= 11 is 4.52. The Hall–Kier alpha value is -2.13. The Labute approximate surface area is 151 Å². The zero-order valence-corrected chi connectivity index (χ0v) is 15.5. The van der Waals surface area contributed by atoms with E-state index < -0.39 is 17.9 Å². The van der Waals surface area contributed by atoms with E-state index >= 15 is 0 Å². The van der Waals surface area contributed by atoms with E-state index in [0.717, 1.165) is 4.47 Å². The average molecular weight is 413 g/mol. The fraction of sp³-hybridized carbons (Fsp3) is 0.267. The SMILES string of the molecule is CC(C)C(NC(=O)c1cccs1)C(=O)NNC(=O)c1cc(Br)c[nH]1. The molecule has 2 rings (SSSR count). The quantitative estimate of drug-likeness (QED) is 0.564. The van der Waals surface area contributed by atoms with Gasteiger partial charge < -0.3 is 10.3 Å². The highest BCUT2D eigenvalue weighted by Gasteiger charge is 2.25. The molecule has 9 heteroatoms. The van der Waals surface area contributed by atoms with Gasteiger partial charge in [0.2, 0.25) is 0 Å². The van der Waals surface area contributed by atoms with Gasteiger partial charge in [0, 0.05) is 10.7 Å². The van der Waals surface area contributed by atoms with E-state index in [1.807, 2.05) is 13.8 Å². The first-order valence-corrected chi connectivity index (χ1v) is 8.84. The van der Waals surface area contributed by atoms with Crippen LogP contribution in [0.2, 0.25) is 0 Å². The van der Waals surface area contributed by atoms with Gasteiger partial charge in [0.25, 0.3) is 17.7 Å². The number of carbonyl (C=O) groups is 3. The molecule has 0 aliphatic heterocycles. The Morgan fingerprint density at radius 2 is 1.96 bits per heavy atom. The number of hydrazine groups is 1. The molecular weight excluding hydrogens is 396 g/mol. The van der Waals surface area contributed by atoms with E-state index in [1.165, 1.54) is 11.3 Å². The van der Waals surface area contributed by atoms with Crippen molar-refractivity contribution in [3.63, 3.8) is 0 Å². The summed E-state index contributed by atoms with van der Waals surface area (Å²) in [5.74, 6) is -1.45. The number of halogens is 1. The average Bonchev–Trinajstić information content (AvgIpc) is 3.20. The van der Waals surface area contributed by atoms with Crippen LogP contribution >= 0.6 is 27.3 Å². The standard InChI is InChI=1S/C15H17BrN4O3S/c1-8(2)12(18-14(22)11-4-3-5-24-11)15(23)20-19-13(21)10-6-9(16)7-17-10/h3-8,12,17H,1-2H3,(H,18,22)(H,19,21)(H,20,23). The minimum atomic E-state index is -0.768. The predicted molar refractivity (Wildman–Crippen MR) is 94.5 cm³/mol. The topological polar surface area (TPSA) is 103 Å². The molecule has 4 N–H and O–H groups in total. The van der Waals surface area contributed by atoms with Gasteiger partial charge in [-0.3, -0.25) is 25.2 Å². The molecular formula is C15H17BrN4O3S. The Morgan fingerprint density at radius 1 is 1.21 bits per heavy atom. The van der Waals surface area contributed by atoms with Crippen LogP contribution in [0.15, 0.2) is 34.2 Å². The molecule has 128 valence electrons. The number of carbonyl (C=O) groups excluding carboxylic acids is 3. The summed E-state index contributed by atoms with van der Waals surface area (Å²) in [5, 5.41) is 4.46. The highest BCUT2D eigenvalue weighted by molar-refractivity contribution is 9.10. The second-order valence-electron chi connectivity index (χ2n) is 5.35. The fourth-order valence-corrected chi connectivity index (χ4v) is 2.89. The van der Waals surface area contributed by atoms with E-state index in [-0.39, 0.29) is 11.8 Å². The van der Waals surface area contributed by atoms with Crippen molar-refractivity contribution in [3.05, 3.63) is 44.8 Å². The molecule has 1 atom stereocenters. The van der Waals surface area contributed by atoms with E-state index in [0.29, 0.717) is 10.6 Å². The predicted octanol–water partition coefficient (Wildman–Crippen LogP) is 2.05.